The van der Waals surface area contributed by atoms with E-state index in [1.165, 1.54) is 12.5 Å². The topological polar surface area (TPSA) is 71.3 Å². The van der Waals surface area contributed by atoms with Gasteiger partial charge in [-0.15, -0.1) is 0 Å². The molecule has 1 aromatic heterocycles. The molecule has 0 unspecified atom stereocenters. The lowest BCUT2D eigenvalue weighted by atomic mass is 10.3. The molecule has 0 bridgehead atoms. The standard InChI is InChI=1S/C12H22N2O3S/c1-11(2)13-6-3-4-8-18(15,16)14-9-12-5-7-17-10-12/h5,7,10-11,13-14H,3-4,6,8-9H2,1-2H3. The van der Waals surface area contributed by atoms with Crippen molar-refractivity contribution in [3.63, 3.8) is 0 Å². The van der Waals surface area contributed by atoms with E-state index in [0.29, 0.717) is 19.0 Å². The van der Waals surface area contributed by atoms with Crippen molar-refractivity contribution in [2.45, 2.75) is 39.3 Å². The third-order valence-corrected chi connectivity index (χ3v) is 3.88. The van der Waals surface area contributed by atoms with Crippen LogP contribution in [0.1, 0.15) is 32.3 Å². The van der Waals surface area contributed by atoms with Crippen molar-refractivity contribution < 1.29 is 12.8 Å². The third kappa shape index (κ3) is 6.78. The zero-order valence-corrected chi connectivity index (χ0v) is 11.8. The lowest BCUT2D eigenvalue weighted by Crippen LogP contribution is -2.27. The first kappa shape index (κ1) is 15.2. The fourth-order valence-electron chi connectivity index (χ4n) is 1.47. The van der Waals surface area contributed by atoms with Gasteiger partial charge in [-0.25, -0.2) is 13.1 Å². The van der Waals surface area contributed by atoms with Crippen LogP contribution in [0.3, 0.4) is 0 Å². The minimum atomic E-state index is -3.18. The Morgan fingerprint density at radius 3 is 2.72 bits per heavy atom. The van der Waals surface area contributed by atoms with Crippen LogP contribution in [0.25, 0.3) is 0 Å². The van der Waals surface area contributed by atoms with Crippen LogP contribution in [0.4, 0.5) is 0 Å². The average Bonchev–Trinajstić information content (AvgIpc) is 2.78. The molecule has 18 heavy (non-hydrogen) atoms. The molecule has 0 atom stereocenters. The molecular formula is C12H22N2O3S. The first-order valence-corrected chi connectivity index (χ1v) is 7.86. The molecule has 0 aliphatic heterocycles. The van der Waals surface area contributed by atoms with Gasteiger partial charge in [-0.1, -0.05) is 13.8 Å². The smallest absolute Gasteiger partial charge is 0.211 e. The summed E-state index contributed by atoms with van der Waals surface area (Å²) in [4.78, 5) is 0. The Hall–Kier alpha value is -0.850. The molecule has 0 spiro atoms. The molecule has 1 heterocycles. The van der Waals surface area contributed by atoms with Crippen LogP contribution < -0.4 is 10.0 Å². The van der Waals surface area contributed by atoms with Gasteiger partial charge >= 0.3 is 0 Å². The molecule has 0 amide bonds. The quantitative estimate of drug-likeness (QED) is 0.669. The molecular weight excluding hydrogens is 252 g/mol. The van der Waals surface area contributed by atoms with Gasteiger partial charge in [0.15, 0.2) is 0 Å². The van der Waals surface area contributed by atoms with Crippen LogP contribution in [-0.2, 0) is 16.6 Å². The van der Waals surface area contributed by atoms with E-state index in [2.05, 4.69) is 23.9 Å². The molecule has 0 saturated carbocycles. The number of nitrogens with one attached hydrogen (secondary N) is 2. The van der Waals surface area contributed by atoms with Gasteiger partial charge in [0.25, 0.3) is 0 Å². The summed E-state index contributed by atoms with van der Waals surface area (Å²) in [6.45, 7) is 5.30. The lowest BCUT2D eigenvalue weighted by molar-refractivity contribution is 0.553. The zero-order chi connectivity index (χ0) is 13.4. The molecule has 0 saturated heterocycles. The predicted molar refractivity (Wildman–Crippen MR) is 71.7 cm³/mol. The van der Waals surface area contributed by atoms with Gasteiger partial charge in [-0.2, -0.15) is 0 Å². The number of rotatable bonds is 9. The van der Waals surface area contributed by atoms with Crippen molar-refractivity contribution >= 4 is 10.0 Å². The first-order chi connectivity index (χ1) is 8.49. The summed E-state index contributed by atoms with van der Waals surface area (Å²) in [6, 6.07) is 2.19. The Balaban J connectivity index is 2.15. The highest BCUT2D eigenvalue weighted by Crippen LogP contribution is 2.01. The maximum Gasteiger partial charge on any atom is 0.211 e. The second-order valence-electron chi connectivity index (χ2n) is 4.59. The minimum Gasteiger partial charge on any atom is -0.472 e. The normalized spacial score (nSPS) is 12.2. The van der Waals surface area contributed by atoms with Crippen molar-refractivity contribution in [3.05, 3.63) is 24.2 Å². The van der Waals surface area contributed by atoms with E-state index < -0.39 is 10.0 Å². The van der Waals surface area contributed by atoms with Crippen LogP contribution in [0.5, 0.6) is 0 Å². The fraction of sp³-hybridized carbons (Fsp3) is 0.667. The average molecular weight is 274 g/mol. The molecule has 5 nitrogen and oxygen atoms in total. The number of sulfonamides is 1. The highest BCUT2D eigenvalue weighted by molar-refractivity contribution is 7.89. The summed E-state index contributed by atoms with van der Waals surface area (Å²) < 4.78 is 30.7. The van der Waals surface area contributed by atoms with Crippen LogP contribution >= 0.6 is 0 Å². The van der Waals surface area contributed by atoms with E-state index in [0.717, 1.165) is 18.5 Å². The highest BCUT2D eigenvalue weighted by Gasteiger charge is 2.09. The van der Waals surface area contributed by atoms with E-state index >= 15 is 0 Å². The van der Waals surface area contributed by atoms with Crippen molar-refractivity contribution in [2.75, 3.05) is 12.3 Å². The molecule has 0 radical (unpaired) electrons. The maximum atomic E-state index is 11.7. The van der Waals surface area contributed by atoms with Gasteiger partial charge in [-0.05, 0) is 25.5 Å². The summed E-state index contributed by atoms with van der Waals surface area (Å²) >= 11 is 0. The van der Waals surface area contributed by atoms with Gasteiger partial charge in [0.1, 0.15) is 0 Å². The number of unbranched alkanes of at least 4 members (excludes halogenated alkanes) is 1. The van der Waals surface area contributed by atoms with E-state index in [9.17, 15) is 8.42 Å². The van der Waals surface area contributed by atoms with Crippen molar-refractivity contribution in [1.29, 1.82) is 0 Å². The maximum absolute atomic E-state index is 11.7. The number of hydrogen-bond donors (Lipinski definition) is 2. The van der Waals surface area contributed by atoms with Gasteiger partial charge in [0, 0.05) is 18.2 Å². The highest BCUT2D eigenvalue weighted by atomic mass is 32.2. The van der Waals surface area contributed by atoms with Crippen molar-refractivity contribution in [2.24, 2.45) is 0 Å². The molecule has 0 aliphatic rings. The monoisotopic (exact) mass is 274 g/mol. The molecule has 0 aliphatic carbocycles. The molecule has 104 valence electrons. The Bertz CT molecular complexity index is 413. The van der Waals surface area contributed by atoms with Crippen molar-refractivity contribution in [1.82, 2.24) is 10.0 Å². The van der Waals surface area contributed by atoms with Gasteiger partial charge in [0.05, 0.1) is 18.3 Å². The van der Waals surface area contributed by atoms with Crippen molar-refractivity contribution in [3.8, 4) is 0 Å². The number of furan rings is 1. The van der Waals surface area contributed by atoms with E-state index in [1.54, 1.807) is 6.07 Å². The Morgan fingerprint density at radius 1 is 1.33 bits per heavy atom. The Kier molecular flexibility index (Phi) is 6.38. The minimum absolute atomic E-state index is 0.171. The predicted octanol–water partition coefficient (Wildman–Crippen LogP) is 1.48. The summed E-state index contributed by atoms with van der Waals surface area (Å²) in [7, 11) is -3.18. The SMILES string of the molecule is CC(C)NCCCCS(=O)(=O)NCc1ccoc1. The molecule has 1 rings (SSSR count). The van der Waals surface area contributed by atoms with Gasteiger partial charge < -0.3 is 9.73 Å². The molecule has 6 heteroatoms. The van der Waals surface area contributed by atoms with E-state index in [1.807, 2.05) is 0 Å². The van der Waals surface area contributed by atoms with E-state index in [4.69, 9.17) is 4.42 Å². The van der Waals surface area contributed by atoms with Crippen LogP contribution in [-0.4, -0.2) is 26.8 Å². The third-order valence-electron chi connectivity index (χ3n) is 2.47. The summed E-state index contributed by atoms with van der Waals surface area (Å²) in [6.07, 6.45) is 4.60. The fourth-order valence-corrected chi connectivity index (χ4v) is 2.58. The second kappa shape index (κ2) is 7.56. The summed E-state index contributed by atoms with van der Waals surface area (Å²) in [5.41, 5.74) is 0.833. The molecule has 2 N–H and O–H groups in total. The van der Waals surface area contributed by atoms with Crippen LogP contribution in [0, 0.1) is 0 Å². The van der Waals surface area contributed by atoms with Gasteiger partial charge in [-0.3, -0.25) is 0 Å². The molecule has 0 aromatic carbocycles. The first-order valence-electron chi connectivity index (χ1n) is 6.21. The van der Waals surface area contributed by atoms with Gasteiger partial charge in [0.2, 0.25) is 10.0 Å². The summed E-state index contributed by atoms with van der Waals surface area (Å²) in [5, 5.41) is 3.26. The largest absolute Gasteiger partial charge is 0.472 e. The van der Waals surface area contributed by atoms with E-state index in [-0.39, 0.29) is 5.75 Å². The Labute approximate surface area is 109 Å². The zero-order valence-electron chi connectivity index (χ0n) is 11.0. The van der Waals surface area contributed by atoms with Crippen LogP contribution in [0.15, 0.2) is 23.0 Å². The molecule has 0 fully saturated rings. The summed E-state index contributed by atoms with van der Waals surface area (Å²) in [5.74, 6) is 0.171. The molecule has 1 aromatic rings. The Morgan fingerprint density at radius 2 is 2.11 bits per heavy atom. The lowest BCUT2D eigenvalue weighted by Gasteiger charge is -2.08. The number of hydrogen-bond acceptors (Lipinski definition) is 4. The van der Waals surface area contributed by atoms with Crippen LogP contribution in [0.2, 0.25) is 0 Å². The second-order valence-corrected chi connectivity index (χ2v) is 6.51.